The van der Waals surface area contributed by atoms with Crippen molar-refractivity contribution >= 4 is 23.4 Å². The summed E-state index contributed by atoms with van der Waals surface area (Å²) in [6, 6.07) is 15.4. The van der Waals surface area contributed by atoms with Crippen LogP contribution in [0.5, 0.6) is 5.75 Å². The molecule has 1 aliphatic heterocycles. The van der Waals surface area contributed by atoms with Gasteiger partial charge in [0, 0.05) is 44.1 Å². The molecule has 190 valence electrons. The third-order valence-corrected chi connectivity index (χ3v) is 6.17. The summed E-state index contributed by atoms with van der Waals surface area (Å²) in [6.45, 7) is 10.0. The van der Waals surface area contributed by atoms with Crippen LogP contribution in [0.3, 0.4) is 0 Å². The van der Waals surface area contributed by atoms with Crippen molar-refractivity contribution in [2.24, 2.45) is 0 Å². The normalized spacial score (nSPS) is 15.6. The molecule has 1 atom stereocenters. The summed E-state index contributed by atoms with van der Waals surface area (Å²) >= 11 is 0. The largest absolute Gasteiger partial charge is 0.494 e. The SMILES string of the molecule is CCCCOc1ccc(C(=O)N(C)c2ccc(N3CCC(N(C)C(=O)OC(C)(C)C)C3)cc2)cc1. The van der Waals surface area contributed by atoms with E-state index in [2.05, 4.69) is 11.8 Å². The first-order valence-electron chi connectivity index (χ1n) is 12.4. The standard InChI is InChI=1S/C28H39N3O4/c1-7-8-19-34-25-15-9-21(10-16-25)26(32)29(5)22-11-13-23(14-12-22)31-18-17-24(20-31)30(6)27(33)35-28(2,3)4/h9-16,24H,7-8,17-20H2,1-6H3. The molecule has 0 spiro atoms. The Kier molecular flexibility index (Phi) is 8.65. The molecule has 2 aromatic carbocycles. The van der Waals surface area contributed by atoms with Gasteiger partial charge in [-0.05, 0) is 82.1 Å². The molecule has 1 aliphatic rings. The van der Waals surface area contributed by atoms with Crippen LogP contribution in [0.25, 0.3) is 0 Å². The van der Waals surface area contributed by atoms with Crippen molar-refractivity contribution in [2.75, 3.05) is 43.6 Å². The maximum atomic E-state index is 13.0. The van der Waals surface area contributed by atoms with Gasteiger partial charge in [-0.25, -0.2) is 4.79 Å². The maximum absolute atomic E-state index is 13.0. The van der Waals surface area contributed by atoms with E-state index in [0.717, 1.165) is 49.5 Å². The van der Waals surface area contributed by atoms with Gasteiger partial charge >= 0.3 is 6.09 Å². The molecule has 2 aromatic rings. The first-order chi connectivity index (χ1) is 16.6. The predicted octanol–water partition coefficient (Wildman–Crippen LogP) is 5.59. The molecule has 0 aromatic heterocycles. The average molecular weight is 482 g/mol. The van der Waals surface area contributed by atoms with Crippen molar-refractivity contribution in [2.45, 2.75) is 58.6 Å². The smallest absolute Gasteiger partial charge is 0.410 e. The van der Waals surface area contributed by atoms with E-state index in [4.69, 9.17) is 9.47 Å². The van der Waals surface area contributed by atoms with Crippen LogP contribution < -0.4 is 14.5 Å². The fourth-order valence-corrected chi connectivity index (χ4v) is 4.00. The van der Waals surface area contributed by atoms with E-state index in [-0.39, 0.29) is 18.0 Å². The number of unbranched alkanes of at least 4 members (excludes halogenated alkanes) is 1. The molecule has 0 saturated carbocycles. The second kappa shape index (κ2) is 11.5. The zero-order chi connectivity index (χ0) is 25.6. The van der Waals surface area contributed by atoms with E-state index in [1.807, 2.05) is 57.2 Å². The molecule has 1 fully saturated rings. The van der Waals surface area contributed by atoms with Gasteiger partial charge in [0.2, 0.25) is 0 Å². The average Bonchev–Trinajstić information content (AvgIpc) is 3.32. The third kappa shape index (κ3) is 7.13. The Morgan fingerprint density at radius 1 is 1.03 bits per heavy atom. The number of carbonyl (C=O) groups excluding carboxylic acids is 2. The third-order valence-electron chi connectivity index (χ3n) is 6.17. The van der Waals surface area contributed by atoms with Crippen LogP contribution >= 0.6 is 0 Å². The van der Waals surface area contributed by atoms with E-state index in [1.165, 1.54) is 0 Å². The Morgan fingerprint density at radius 2 is 1.69 bits per heavy atom. The van der Waals surface area contributed by atoms with Gasteiger partial charge in [-0.3, -0.25) is 4.79 Å². The summed E-state index contributed by atoms with van der Waals surface area (Å²) in [4.78, 5) is 31.0. The van der Waals surface area contributed by atoms with Crippen molar-refractivity contribution in [3.63, 3.8) is 0 Å². The highest BCUT2D eigenvalue weighted by molar-refractivity contribution is 6.05. The number of benzene rings is 2. The topological polar surface area (TPSA) is 62.3 Å². The summed E-state index contributed by atoms with van der Waals surface area (Å²) < 4.78 is 11.2. The van der Waals surface area contributed by atoms with Crippen LogP contribution in [0.1, 0.15) is 57.3 Å². The van der Waals surface area contributed by atoms with Gasteiger partial charge in [0.1, 0.15) is 11.4 Å². The van der Waals surface area contributed by atoms with Crippen LogP contribution in [-0.4, -0.2) is 62.3 Å². The van der Waals surface area contributed by atoms with Gasteiger partial charge in [-0.1, -0.05) is 13.3 Å². The summed E-state index contributed by atoms with van der Waals surface area (Å²) in [5, 5.41) is 0. The minimum atomic E-state index is -0.507. The minimum Gasteiger partial charge on any atom is -0.494 e. The maximum Gasteiger partial charge on any atom is 0.410 e. The molecule has 0 aliphatic carbocycles. The second-order valence-corrected chi connectivity index (χ2v) is 10.1. The number of nitrogens with zero attached hydrogens (tertiary/aromatic N) is 3. The molecular formula is C28H39N3O4. The number of rotatable bonds is 8. The van der Waals surface area contributed by atoms with E-state index >= 15 is 0 Å². The highest BCUT2D eigenvalue weighted by Gasteiger charge is 2.31. The molecule has 0 bridgehead atoms. The molecule has 0 N–H and O–H groups in total. The quantitative estimate of drug-likeness (QED) is 0.460. The lowest BCUT2D eigenvalue weighted by atomic mass is 10.1. The number of carbonyl (C=O) groups is 2. The number of amides is 2. The summed E-state index contributed by atoms with van der Waals surface area (Å²) in [5.41, 5.74) is 2.01. The summed E-state index contributed by atoms with van der Waals surface area (Å²) in [6.07, 6.45) is 2.69. The van der Waals surface area contributed by atoms with Gasteiger partial charge < -0.3 is 24.2 Å². The molecule has 7 nitrogen and oxygen atoms in total. The van der Waals surface area contributed by atoms with E-state index < -0.39 is 5.60 Å². The van der Waals surface area contributed by atoms with E-state index in [1.54, 1.807) is 36.0 Å². The predicted molar refractivity (Wildman–Crippen MR) is 141 cm³/mol. The zero-order valence-electron chi connectivity index (χ0n) is 21.9. The van der Waals surface area contributed by atoms with Crippen LogP contribution in [0.15, 0.2) is 48.5 Å². The van der Waals surface area contributed by atoms with Gasteiger partial charge in [-0.2, -0.15) is 0 Å². The second-order valence-electron chi connectivity index (χ2n) is 10.1. The highest BCUT2D eigenvalue weighted by atomic mass is 16.6. The number of hydrogen-bond donors (Lipinski definition) is 0. The lowest BCUT2D eigenvalue weighted by Crippen LogP contribution is -2.42. The van der Waals surface area contributed by atoms with E-state index in [0.29, 0.717) is 12.2 Å². The van der Waals surface area contributed by atoms with Crippen LogP contribution in [0, 0.1) is 0 Å². The fraction of sp³-hybridized carbons (Fsp3) is 0.500. The molecule has 2 amide bonds. The first-order valence-corrected chi connectivity index (χ1v) is 12.4. The molecule has 1 heterocycles. The number of hydrogen-bond acceptors (Lipinski definition) is 5. The molecule has 7 heteroatoms. The van der Waals surface area contributed by atoms with Gasteiger partial charge in [0.15, 0.2) is 0 Å². The summed E-state index contributed by atoms with van der Waals surface area (Å²) in [5.74, 6) is 0.710. The van der Waals surface area contributed by atoms with Crippen molar-refractivity contribution in [3.05, 3.63) is 54.1 Å². The molecule has 35 heavy (non-hydrogen) atoms. The fourth-order valence-electron chi connectivity index (χ4n) is 4.00. The lowest BCUT2D eigenvalue weighted by molar-refractivity contribution is 0.0237. The molecule has 1 saturated heterocycles. The van der Waals surface area contributed by atoms with Crippen LogP contribution in [-0.2, 0) is 4.74 Å². The number of anilines is 2. The number of likely N-dealkylation sites (N-methyl/N-ethyl adjacent to an activating group) is 1. The molecule has 3 rings (SSSR count). The van der Waals surface area contributed by atoms with Crippen molar-refractivity contribution in [1.82, 2.24) is 4.90 Å². The minimum absolute atomic E-state index is 0.0712. The number of ether oxygens (including phenoxy) is 2. The zero-order valence-corrected chi connectivity index (χ0v) is 21.9. The Bertz CT molecular complexity index is 983. The highest BCUT2D eigenvalue weighted by Crippen LogP contribution is 2.26. The first kappa shape index (κ1) is 26.4. The Balaban J connectivity index is 1.57. The van der Waals surface area contributed by atoms with Crippen molar-refractivity contribution < 1.29 is 19.1 Å². The van der Waals surface area contributed by atoms with Crippen LogP contribution in [0.2, 0.25) is 0 Å². The van der Waals surface area contributed by atoms with Crippen LogP contribution in [0.4, 0.5) is 16.2 Å². The van der Waals surface area contributed by atoms with Gasteiger partial charge in [0.25, 0.3) is 5.91 Å². The molecule has 0 radical (unpaired) electrons. The van der Waals surface area contributed by atoms with Crippen molar-refractivity contribution in [1.29, 1.82) is 0 Å². The van der Waals surface area contributed by atoms with E-state index in [9.17, 15) is 9.59 Å². The summed E-state index contributed by atoms with van der Waals surface area (Å²) in [7, 11) is 3.58. The Morgan fingerprint density at radius 3 is 2.29 bits per heavy atom. The monoisotopic (exact) mass is 481 g/mol. The van der Waals surface area contributed by atoms with Gasteiger partial charge in [-0.15, -0.1) is 0 Å². The molecular weight excluding hydrogens is 442 g/mol. The van der Waals surface area contributed by atoms with Crippen molar-refractivity contribution in [3.8, 4) is 5.75 Å². The Hall–Kier alpha value is -3.22. The lowest BCUT2D eigenvalue weighted by Gasteiger charge is -2.29. The Labute approximate surface area is 209 Å². The van der Waals surface area contributed by atoms with Gasteiger partial charge in [0.05, 0.1) is 12.6 Å². The molecule has 1 unspecified atom stereocenters.